The standard InChI is InChI=1S/C20H30N4O3.2ClH/c1-27-18-6-4-16(5-7-18)20(26)22-9-10-23-11-13-24(14-12-23)19(25)15-17-3-2-8-21-17;;/h4-7,17,21H,2-3,8-15H2,1H3,(H,22,26);2*1H. The maximum Gasteiger partial charge on any atom is 0.251 e. The SMILES string of the molecule is COc1ccc(C(=O)NCCN2CCN(C(=O)CC3CCCN3)CC2)cc1.Cl.Cl. The zero-order valence-corrected chi connectivity index (χ0v) is 18.5. The zero-order valence-electron chi connectivity index (χ0n) is 16.9. The quantitative estimate of drug-likeness (QED) is 0.664. The molecule has 0 spiro atoms. The van der Waals surface area contributed by atoms with E-state index in [9.17, 15) is 9.59 Å². The van der Waals surface area contributed by atoms with Gasteiger partial charge in [-0.3, -0.25) is 14.5 Å². The molecule has 0 aromatic heterocycles. The summed E-state index contributed by atoms with van der Waals surface area (Å²) in [5.41, 5.74) is 0.631. The molecule has 164 valence electrons. The monoisotopic (exact) mass is 446 g/mol. The second kappa shape index (κ2) is 12.9. The Bertz CT molecular complexity index is 631. The molecule has 2 fully saturated rings. The fourth-order valence-electron chi connectivity index (χ4n) is 3.66. The highest BCUT2D eigenvalue weighted by molar-refractivity contribution is 5.94. The van der Waals surface area contributed by atoms with Gasteiger partial charge < -0.3 is 20.3 Å². The van der Waals surface area contributed by atoms with E-state index < -0.39 is 0 Å². The van der Waals surface area contributed by atoms with E-state index >= 15 is 0 Å². The minimum Gasteiger partial charge on any atom is -0.497 e. The second-order valence-electron chi connectivity index (χ2n) is 7.20. The Balaban J connectivity index is 0.00000210. The predicted molar refractivity (Wildman–Crippen MR) is 118 cm³/mol. The van der Waals surface area contributed by atoms with Crippen molar-refractivity contribution in [1.29, 1.82) is 0 Å². The summed E-state index contributed by atoms with van der Waals surface area (Å²) in [5, 5.41) is 6.34. The lowest BCUT2D eigenvalue weighted by Crippen LogP contribution is -2.51. The van der Waals surface area contributed by atoms with Gasteiger partial charge in [0.25, 0.3) is 5.91 Å². The van der Waals surface area contributed by atoms with Crippen molar-refractivity contribution >= 4 is 36.6 Å². The summed E-state index contributed by atoms with van der Waals surface area (Å²) in [5.74, 6) is 0.931. The van der Waals surface area contributed by atoms with Gasteiger partial charge in [0, 0.05) is 57.3 Å². The minimum absolute atomic E-state index is 0. The molecule has 1 unspecified atom stereocenters. The number of halogens is 2. The lowest BCUT2D eigenvalue weighted by atomic mass is 10.1. The molecule has 3 rings (SSSR count). The highest BCUT2D eigenvalue weighted by atomic mass is 35.5. The minimum atomic E-state index is -0.0736. The molecule has 2 saturated heterocycles. The van der Waals surface area contributed by atoms with Crippen LogP contribution in [0.1, 0.15) is 29.6 Å². The maximum atomic E-state index is 12.4. The molecule has 2 heterocycles. The van der Waals surface area contributed by atoms with Crippen molar-refractivity contribution in [3.05, 3.63) is 29.8 Å². The van der Waals surface area contributed by atoms with Gasteiger partial charge in [-0.1, -0.05) is 0 Å². The van der Waals surface area contributed by atoms with Gasteiger partial charge >= 0.3 is 0 Å². The van der Waals surface area contributed by atoms with E-state index in [2.05, 4.69) is 15.5 Å². The fraction of sp³-hybridized carbons (Fsp3) is 0.600. The van der Waals surface area contributed by atoms with Crippen LogP contribution in [0.4, 0.5) is 0 Å². The number of carbonyl (C=O) groups excluding carboxylic acids is 2. The van der Waals surface area contributed by atoms with Crippen LogP contribution in [-0.4, -0.2) is 80.6 Å². The van der Waals surface area contributed by atoms with Gasteiger partial charge in [0.05, 0.1) is 7.11 Å². The lowest BCUT2D eigenvalue weighted by molar-refractivity contribution is -0.133. The van der Waals surface area contributed by atoms with Gasteiger partial charge in [0.1, 0.15) is 5.75 Å². The number of amides is 2. The van der Waals surface area contributed by atoms with Gasteiger partial charge in [-0.15, -0.1) is 24.8 Å². The third-order valence-corrected chi connectivity index (χ3v) is 5.37. The van der Waals surface area contributed by atoms with Crippen molar-refractivity contribution in [2.24, 2.45) is 0 Å². The van der Waals surface area contributed by atoms with E-state index in [4.69, 9.17) is 4.74 Å². The molecule has 2 aliphatic heterocycles. The van der Waals surface area contributed by atoms with Crippen molar-refractivity contribution in [2.45, 2.75) is 25.3 Å². The molecule has 9 heteroatoms. The van der Waals surface area contributed by atoms with E-state index in [0.717, 1.165) is 51.4 Å². The number of rotatable bonds is 7. The van der Waals surface area contributed by atoms with Gasteiger partial charge in [-0.2, -0.15) is 0 Å². The molecule has 1 aromatic carbocycles. The zero-order chi connectivity index (χ0) is 19.1. The largest absolute Gasteiger partial charge is 0.497 e. The van der Waals surface area contributed by atoms with Crippen LogP contribution in [0.5, 0.6) is 5.75 Å². The van der Waals surface area contributed by atoms with Gasteiger partial charge in [0.15, 0.2) is 0 Å². The smallest absolute Gasteiger partial charge is 0.251 e. The van der Waals surface area contributed by atoms with E-state index in [-0.39, 0.29) is 36.6 Å². The number of hydrogen-bond acceptors (Lipinski definition) is 5. The lowest BCUT2D eigenvalue weighted by Gasteiger charge is -2.35. The third-order valence-electron chi connectivity index (χ3n) is 5.37. The number of hydrogen-bond donors (Lipinski definition) is 2. The first-order valence-corrected chi connectivity index (χ1v) is 9.81. The first-order valence-electron chi connectivity index (χ1n) is 9.81. The van der Waals surface area contributed by atoms with Crippen LogP contribution in [0.2, 0.25) is 0 Å². The Morgan fingerprint density at radius 3 is 2.41 bits per heavy atom. The van der Waals surface area contributed by atoms with Crippen LogP contribution in [0.25, 0.3) is 0 Å². The summed E-state index contributed by atoms with van der Waals surface area (Å²) in [7, 11) is 1.61. The number of ether oxygens (including phenoxy) is 1. The molecule has 0 saturated carbocycles. The van der Waals surface area contributed by atoms with E-state index in [1.807, 2.05) is 4.90 Å². The molecule has 29 heavy (non-hydrogen) atoms. The number of nitrogens with one attached hydrogen (secondary N) is 2. The molecular weight excluding hydrogens is 415 g/mol. The molecule has 0 aliphatic carbocycles. The summed E-state index contributed by atoms with van der Waals surface area (Å²) >= 11 is 0. The Morgan fingerprint density at radius 2 is 1.83 bits per heavy atom. The highest BCUT2D eigenvalue weighted by Gasteiger charge is 2.24. The van der Waals surface area contributed by atoms with E-state index in [1.54, 1.807) is 31.4 Å². The van der Waals surface area contributed by atoms with Crippen molar-refractivity contribution < 1.29 is 14.3 Å². The summed E-state index contributed by atoms with van der Waals surface area (Å²) in [6.07, 6.45) is 2.91. The fourth-order valence-corrected chi connectivity index (χ4v) is 3.66. The summed E-state index contributed by atoms with van der Waals surface area (Å²) < 4.78 is 5.10. The number of methoxy groups -OCH3 is 1. The van der Waals surface area contributed by atoms with Gasteiger partial charge in [-0.05, 0) is 43.7 Å². The average Bonchev–Trinajstić information content (AvgIpc) is 3.21. The summed E-state index contributed by atoms with van der Waals surface area (Å²) in [6.45, 7) is 5.72. The summed E-state index contributed by atoms with van der Waals surface area (Å²) in [4.78, 5) is 28.8. The molecule has 1 aromatic rings. The Morgan fingerprint density at radius 1 is 1.14 bits per heavy atom. The predicted octanol–water partition coefficient (Wildman–Crippen LogP) is 1.55. The Labute approximate surface area is 185 Å². The average molecular weight is 447 g/mol. The molecular formula is C20H32Cl2N4O3. The molecule has 1 atom stereocenters. The summed E-state index contributed by atoms with van der Waals surface area (Å²) in [6, 6.07) is 7.46. The van der Waals surface area contributed by atoms with Crippen LogP contribution in [0.15, 0.2) is 24.3 Å². The van der Waals surface area contributed by atoms with Gasteiger partial charge in [-0.25, -0.2) is 0 Å². The van der Waals surface area contributed by atoms with Crippen molar-refractivity contribution in [3.63, 3.8) is 0 Å². The Hall–Kier alpha value is -1.54. The number of benzene rings is 1. The van der Waals surface area contributed by atoms with Crippen LogP contribution < -0.4 is 15.4 Å². The van der Waals surface area contributed by atoms with Crippen molar-refractivity contribution in [1.82, 2.24) is 20.4 Å². The molecule has 2 amide bonds. The second-order valence-corrected chi connectivity index (χ2v) is 7.20. The molecule has 7 nitrogen and oxygen atoms in total. The third kappa shape index (κ3) is 7.66. The van der Waals surface area contributed by atoms with E-state index in [1.165, 1.54) is 6.42 Å². The molecule has 0 radical (unpaired) electrons. The first kappa shape index (κ1) is 25.5. The van der Waals surface area contributed by atoms with Crippen LogP contribution in [0, 0.1) is 0 Å². The van der Waals surface area contributed by atoms with E-state index in [0.29, 0.717) is 24.6 Å². The Kier molecular flexibility index (Phi) is 11.3. The molecule has 2 N–H and O–H groups in total. The van der Waals surface area contributed by atoms with Crippen LogP contribution in [-0.2, 0) is 4.79 Å². The molecule has 2 aliphatic rings. The van der Waals surface area contributed by atoms with Crippen molar-refractivity contribution in [3.8, 4) is 5.75 Å². The number of piperazine rings is 1. The topological polar surface area (TPSA) is 73.9 Å². The molecule has 0 bridgehead atoms. The first-order chi connectivity index (χ1) is 13.2. The van der Waals surface area contributed by atoms with Gasteiger partial charge in [0.2, 0.25) is 5.91 Å². The highest BCUT2D eigenvalue weighted by Crippen LogP contribution is 2.12. The van der Waals surface area contributed by atoms with Crippen molar-refractivity contribution in [2.75, 3.05) is 52.9 Å². The van der Waals surface area contributed by atoms with Crippen LogP contribution in [0.3, 0.4) is 0 Å². The maximum absolute atomic E-state index is 12.4. The number of nitrogens with zero attached hydrogens (tertiary/aromatic N) is 2. The normalized spacial score (nSPS) is 19.1. The van der Waals surface area contributed by atoms with Crippen LogP contribution >= 0.6 is 24.8 Å². The number of carbonyl (C=O) groups is 2.